The SMILES string of the molecule is CCCCCC([Si](OC(C)C)(OC(C)C)OC(C)C)[Si](OC(C)C)(OC(C)C)OC(C)C. The normalized spacial score (nSPS) is 13.9. The maximum Gasteiger partial charge on any atom is 0.509 e. The molecule has 0 rings (SSSR count). The van der Waals surface area contributed by atoms with E-state index >= 15 is 0 Å². The summed E-state index contributed by atoms with van der Waals surface area (Å²) in [6, 6.07) is 0. The van der Waals surface area contributed by atoms with Crippen molar-refractivity contribution >= 4 is 17.6 Å². The lowest BCUT2D eigenvalue weighted by Gasteiger charge is -2.46. The molecule has 6 nitrogen and oxygen atoms in total. The van der Waals surface area contributed by atoms with E-state index in [4.69, 9.17) is 26.6 Å². The van der Waals surface area contributed by atoms with Crippen molar-refractivity contribution in [1.82, 2.24) is 0 Å². The molecule has 0 aliphatic heterocycles. The Bertz CT molecular complexity index is 392. The summed E-state index contributed by atoms with van der Waals surface area (Å²) in [6.07, 6.45) is 3.72. The highest BCUT2D eigenvalue weighted by atomic mass is 28.5. The monoisotopic (exact) mass is 494 g/mol. The van der Waals surface area contributed by atoms with Crippen LogP contribution in [0.5, 0.6) is 0 Å². The first kappa shape index (κ1) is 32.2. The average molecular weight is 495 g/mol. The van der Waals surface area contributed by atoms with E-state index in [1.54, 1.807) is 0 Å². The van der Waals surface area contributed by atoms with Crippen LogP contribution in [-0.2, 0) is 26.6 Å². The third-order valence-corrected chi connectivity index (χ3v) is 13.6. The van der Waals surface area contributed by atoms with Gasteiger partial charge in [-0.3, -0.25) is 0 Å². The van der Waals surface area contributed by atoms with Gasteiger partial charge in [0.1, 0.15) is 0 Å². The van der Waals surface area contributed by atoms with Crippen molar-refractivity contribution in [2.24, 2.45) is 0 Å². The van der Waals surface area contributed by atoms with Crippen molar-refractivity contribution in [3.63, 3.8) is 0 Å². The fourth-order valence-electron chi connectivity index (χ4n) is 3.80. The topological polar surface area (TPSA) is 55.4 Å². The fraction of sp³-hybridized carbons (Fsp3) is 1.00. The van der Waals surface area contributed by atoms with Gasteiger partial charge in [0, 0.05) is 36.6 Å². The van der Waals surface area contributed by atoms with Crippen molar-refractivity contribution in [1.29, 1.82) is 0 Å². The van der Waals surface area contributed by atoms with E-state index in [9.17, 15) is 0 Å². The van der Waals surface area contributed by atoms with Crippen molar-refractivity contribution in [3.8, 4) is 0 Å². The van der Waals surface area contributed by atoms with E-state index in [2.05, 4.69) is 6.92 Å². The van der Waals surface area contributed by atoms with Crippen molar-refractivity contribution in [3.05, 3.63) is 0 Å². The Balaban J connectivity index is 6.95. The molecular weight excluding hydrogens is 440 g/mol. The Morgan fingerprint density at radius 1 is 0.438 bits per heavy atom. The van der Waals surface area contributed by atoms with Crippen LogP contribution in [-0.4, -0.2) is 54.2 Å². The summed E-state index contributed by atoms with van der Waals surface area (Å²) < 4.78 is 40.2. The quantitative estimate of drug-likeness (QED) is 0.152. The van der Waals surface area contributed by atoms with Crippen LogP contribution in [0.3, 0.4) is 0 Å². The van der Waals surface area contributed by atoms with E-state index in [-0.39, 0.29) is 41.8 Å². The number of hydrogen-bond donors (Lipinski definition) is 0. The summed E-state index contributed by atoms with van der Waals surface area (Å²) in [4.78, 5) is 0. The van der Waals surface area contributed by atoms with Gasteiger partial charge in [0.2, 0.25) is 0 Å². The molecule has 194 valence electrons. The minimum atomic E-state index is -3.31. The molecule has 0 fully saturated rings. The second kappa shape index (κ2) is 15.2. The van der Waals surface area contributed by atoms with Gasteiger partial charge in [-0.2, -0.15) is 0 Å². The third kappa shape index (κ3) is 11.6. The van der Waals surface area contributed by atoms with Gasteiger partial charge >= 0.3 is 17.6 Å². The number of rotatable bonds is 18. The van der Waals surface area contributed by atoms with Crippen LogP contribution in [0.1, 0.15) is 116 Å². The highest BCUT2D eigenvalue weighted by Gasteiger charge is 2.67. The Kier molecular flexibility index (Phi) is 15.3. The van der Waals surface area contributed by atoms with Gasteiger partial charge in [-0.15, -0.1) is 0 Å². The molecule has 0 amide bonds. The van der Waals surface area contributed by atoms with Gasteiger partial charge in [-0.25, -0.2) is 0 Å². The molecule has 0 aliphatic carbocycles. The lowest BCUT2D eigenvalue weighted by Crippen LogP contribution is -2.67. The van der Waals surface area contributed by atoms with E-state index in [0.717, 1.165) is 25.7 Å². The van der Waals surface area contributed by atoms with E-state index < -0.39 is 17.6 Å². The van der Waals surface area contributed by atoms with Crippen LogP contribution >= 0.6 is 0 Å². The molecule has 0 unspecified atom stereocenters. The van der Waals surface area contributed by atoms with Crippen LogP contribution in [0, 0.1) is 0 Å². The molecule has 0 aliphatic rings. The smallest absolute Gasteiger partial charge is 0.371 e. The lowest BCUT2D eigenvalue weighted by atomic mass is 10.2. The predicted molar refractivity (Wildman–Crippen MR) is 137 cm³/mol. The minimum Gasteiger partial charge on any atom is -0.371 e. The maximum absolute atomic E-state index is 6.69. The third-order valence-electron chi connectivity index (χ3n) is 4.35. The molecule has 0 bridgehead atoms. The largest absolute Gasteiger partial charge is 0.509 e. The summed E-state index contributed by atoms with van der Waals surface area (Å²) >= 11 is 0. The van der Waals surface area contributed by atoms with Crippen LogP contribution in [0.25, 0.3) is 0 Å². The van der Waals surface area contributed by atoms with Gasteiger partial charge in [0.25, 0.3) is 0 Å². The number of hydrogen-bond acceptors (Lipinski definition) is 6. The highest BCUT2D eigenvalue weighted by Crippen LogP contribution is 2.44. The lowest BCUT2D eigenvalue weighted by molar-refractivity contribution is -0.0308. The van der Waals surface area contributed by atoms with E-state index in [0.29, 0.717) is 0 Å². The zero-order valence-electron chi connectivity index (χ0n) is 23.3. The van der Waals surface area contributed by atoms with Crippen LogP contribution in [0.4, 0.5) is 0 Å². The second-order valence-corrected chi connectivity index (χ2v) is 16.1. The Labute approximate surface area is 201 Å². The Morgan fingerprint density at radius 2 is 0.688 bits per heavy atom. The molecule has 0 atom stereocenters. The molecule has 0 aromatic heterocycles. The summed E-state index contributed by atoms with van der Waals surface area (Å²) in [7, 11) is -6.63. The summed E-state index contributed by atoms with van der Waals surface area (Å²) in [6.45, 7) is 26.7. The summed E-state index contributed by atoms with van der Waals surface area (Å²) in [5, 5.41) is -0.207. The van der Waals surface area contributed by atoms with E-state index in [1.165, 1.54) is 0 Å². The Hall–Kier alpha value is 0.194. The zero-order chi connectivity index (χ0) is 25.1. The van der Waals surface area contributed by atoms with Gasteiger partial charge in [-0.05, 0) is 89.5 Å². The van der Waals surface area contributed by atoms with Crippen molar-refractivity contribution in [2.45, 2.75) is 157 Å². The highest BCUT2D eigenvalue weighted by molar-refractivity contribution is 6.82. The molecule has 32 heavy (non-hydrogen) atoms. The molecule has 0 N–H and O–H groups in total. The zero-order valence-corrected chi connectivity index (χ0v) is 25.3. The summed E-state index contributed by atoms with van der Waals surface area (Å²) in [5.41, 5.74) is 0. The average Bonchev–Trinajstić information content (AvgIpc) is 2.54. The van der Waals surface area contributed by atoms with Gasteiger partial charge in [-0.1, -0.05) is 26.2 Å². The fourth-order valence-corrected chi connectivity index (χ4v) is 13.1. The Morgan fingerprint density at radius 3 is 0.875 bits per heavy atom. The predicted octanol–water partition coefficient (Wildman–Crippen LogP) is 6.90. The van der Waals surface area contributed by atoms with Gasteiger partial charge in [0.15, 0.2) is 0 Å². The van der Waals surface area contributed by atoms with Crippen molar-refractivity contribution < 1.29 is 26.6 Å². The molecule has 0 aromatic carbocycles. The first-order chi connectivity index (χ1) is 14.7. The molecule has 0 heterocycles. The van der Waals surface area contributed by atoms with E-state index in [1.807, 2.05) is 83.1 Å². The first-order valence-corrected chi connectivity index (χ1v) is 16.4. The first-order valence-electron chi connectivity index (χ1n) is 12.8. The molecular formula is C24H54O6Si2. The van der Waals surface area contributed by atoms with Crippen LogP contribution in [0.15, 0.2) is 0 Å². The number of unbranched alkanes of at least 4 members (excludes halogenated alkanes) is 2. The maximum atomic E-state index is 6.69. The van der Waals surface area contributed by atoms with Gasteiger partial charge < -0.3 is 26.6 Å². The standard InChI is InChI=1S/C24H54O6Si2/c1-14-15-16-17-24(31(25-18(2)3,26-19(4)5)27-20(6)7)32(28-21(8)9,29-22(10)11)30-23(12)13/h18-24H,14-17H2,1-13H3. The molecule has 0 spiro atoms. The van der Waals surface area contributed by atoms with Gasteiger partial charge in [0.05, 0.1) is 5.16 Å². The van der Waals surface area contributed by atoms with Crippen LogP contribution < -0.4 is 0 Å². The van der Waals surface area contributed by atoms with Crippen LogP contribution in [0.2, 0.25) is 5.16 Å². The molecule has 8 heteroatoms. The molecule has 0 saturated heterocycles. The van der Waals surface area contributed by atoms with Crippen molar-refractivity contribution in [2.75, 3.05) is 0 Å². The second-order valence-electron chi connectivity index (χ2n) is 10.3. The minimum absolute atomic E-state index is 0.0586. The molecule has 0 aromatic rings. The summed E-state index contributed by atoms with van der Waals surface area (Å²) in [5.74, 6) is 0. The molecule has 0 radical (unpaired) electrons. The molecule has 0 saturated carbocycles.